The lowest BCUT2D eigenvalue weighted by molar-refractivity contribution is -0.259. The van der Waals surface area contributed by atoms with E-state index in [0.29, 0.717) is 27.6 Å². The van der Waals surface area contributed by atoms with Crippen LogP contribution in [0.15, 0.2) is 12.2 Å². The summed E-state index contributed by atoms with van der Waals surface area (Å²) in [5.74, 6) is 3.94. The molecule has 6 aliphatic rings. The summed E-state index contributed by atoms with van der Waals surface area (Å²) >= 11 is 0. The van der Waals surface area contributed by atoms with Gasteiger partial charge in [0.25, 0.3) is 0 Å². The third-order valence-electron chi connectivity index (χ3n) is 13.9. The van der Waals surface area contributed by atoms with Gasteiger partial charge in [-0.1, -0.05) is 53.2 Å². The Morgan fingerprint density at radius 1 is 0.742 bits per heavy atom. The smallest absolute Gasteiger partial charge is 0.0639 e. The van der Waals surface area contributed by atoms with Gasteiger partial charge in [0, 0.05) is 5.41 Å². The Balaban J connectivity index is 1.42. The van der Waals surface area contributed by atoms with Crippen molar-refractivity contribution in [2.24, 2.45) is 56.7 Å². The Labute approximate surface area is 191 Å². The molecular formula is C30H48O. The fourth-order valence-corrected chi connectivity index (χ4v) is 12.6. The van der Waals surface area contributed by atoms with Gasteiger partial charge in [0.1, 0.15) is 0 Å². The molecule has 6 fully saturated rings. The molecule has 1 N–H and O–H groups in total. The summed E-state index contributed by atoms with van der Waals surface area (Å²) < 4.78 is 0. The van der Waals surface area contributed by atoms with Crippen LogP contribution in [0.25, 0.3) is 0 Å². The molecule has 0 radical (unpaired) electrons. The summed E-state index contributed by atoms with van der Waals surface area (Å²) in [5.41, 5.74) is 3.47. The van der Waals surface area contributed by atoms with Crippen LogP contribution in [0.2, 0.25) is 0 Å². The van der Waals surface area contributed by atoms with E-state index in [2.05, 4.69) is 41.2 Å². The van der Waals surface area contributed by atoms with Crippen LogP contribution in [0.4, 0.5) is 0 Å². The first-order valence-electron chi connectivity index (χ1n) is 13.9. The maximum Gasteiger partial charge on any atom is 0.0639 e. The molecule has 6 rings (SSSR count). The number of aliphatic hydroxyl groups is 1. The quantitative estimate of drug-likeness (QED) is 0.394. The van der Waals surface area contributed by atoms with Crippen LogP contribution in [0.3, 0.4) is 0 Å². The minimum atomic E-state index is -0.130. The lowest BCUT2D eigenvalue weighted by Crippen LogP contribution is -2.68. The fourth-order valence-electron chi connectivity index (χ4n) is 12.6. The highest BCUT2D eigenvalue weighted by Gasteiger charge is 2.73. The first-order valence-corrected chi connectivity index (χ1v) is 13.9. The summed E-state index contributed by atoms with van der Waals surface area (Å²) in [6, 6.07) is 0. The molecule has 10 atom stereocenters. The molecule has 1 nitrogen and oxygen atoms in total. The Morgan fingerprint density at radius 2 is 1.42 bits per heavy atom. The molecule has 0 aliphatic heterocycles. The molecule has 0 spiro atoms. The van der Waals surface area contributed by atoms with Gasteiger partial charge in [0.15, 0.2) is 0 Å². The van der Waals surface area contributed by atoms with Gasteiger partial charge in [-0.15, -0.1) is 0 Å². The van der Waals surface area contributed by atoms with Gasteiger partial charge in [0.05, 0.1) is 6.10 Å². The molecule has 1 heteroatoms. The van der Waals surface area contributed by atoms with Crippen molar-refractivity contribution >= 4 is 0 Å². The molecule has 1 unspecified atom stereocenters. The predicted molar refractivity (Wildman–Crippen MR) is 129 cm³/mol. The largest absolute Gasteiger partial charge is 0.392 e. The lowest BCUT2D eigenvalue weighted by atomic mass is 9.31. The van der Waals surface area contributed by atoms with Crippen LogP contribution in [0, 0.1) is 56.7 Å². The van der Waals surface area contributed by atoms with E-state index < -0.39 is 0 Å². The van der Waals surface area contributed by atoms with E-state index in [0.717, 1.165) is 30.1 Å². The average Bonchev–Trinajstić information content (AvgIpc) is 3.02. The van der Waals surface area contributed by atoms with E-state index in [1.807, 2.05) is 0 Å². The molecule has 0 aromatic carbocycles. The van der Waals surface area contributed by atoms with Gasteiger partial charge in [-0.3, -0.25) is 0 Å². The highest BCUT2D eigenvalue weighted by molar-refractivity contribution is 5.26. The van der Waals surface area contributed by atoms with Crippen molar-refractivity contribution in [1.82, 2.24) is 0 Å². The van der Waals surface area contributed by atoms with E-state index >= 15 is 0 Å². The zero-order valence-electron chi connectivity index (χ0n) is 21.1. The maximum atomic E-state index is 11.6. The summed E-state index contributed by atoms with van der Waals surface area (Å²) in [6.07, 6.45) is 16.1. The normalized spacial score (nSPS) is 59.9. The standard InChI is InChI=1S/C30H48O/c1-19-18-25(31)30-17-10-20(19)21(30)11-15-29(6)24(30)9-8-23-27(4)14-7-13-26(2,3)22(27)12-16-28(23,29)5/h20-25,31H,1,7-18H2,2-6H3/t20?,21-,22-,23+,24-,25-,27-,28+,29+,30+/m0/s1. The van der Waals surface area contributed by atoms with E-state index in [-0.39, 0.29) is 11.5 Å². The van der Waals surface area contributed by atoms with Crippen molar-refractivity contribution in [3.05, 3.63) is 12.2 Å². The third-order valence-corrected chi connectivity index (χ3v) is 13.9. The van der Waals surface area contributed by atoms with Crippen LogP contribution < -0.4 is 0 Å². The predicted octanol–water partition coefficient (Wildman–Crippen LogP) is 7.78. The Kier molecular flexibility index (Phi) is 4.27. The number of fused-ring (bicyclic) bond motifs is 5. The summed E-state index contributed by atoms with van der Waals surface area (Å²) in [6.45, 7) is 17.8. The number of hydrogen-bond acceptors (Lipinski definition) is 1. The van der Waals surface area contributed by atoms with E-state index in [1.165, 1.54) is 76.2 Å². The van der Waals surface area contributed by atoms with Gasteiger partial charge in [0.2, 0.25) is 0 Å². The zero-order chi connectivity index (χ0) is 22.0. The maximum absolute atomic E-state index is 11.6. The van der Waals surface area contributed by atoms with Crippen molar-refractivity contribution in [1.29, 1.82) is 0 Å². The van der Waals surface area contributed by atoms with Crippen molar-refractivity contribution in [3.8, 4) is 0 Å². The van der Waals surface area contributed by atoms with Gasteiger partial charge < -0.3 is 5.11 Å². The van der Waals surface area contributed by atoms with Crippen LogP contribution in [-0.4, -0.2) is 11.2 Å². The highest BCUT2D eigenvalue weighted by atomic mass is 16.3. The molecule has 0 saturated heterocycles. The van der Waals surface area contributed by atoms with E-state index in [9.17, 15) is 5.11 Å². The first kappa shape index (κ1) is 21.2. The summed E-state index contributed by atoms with van der Waals surface area (Å²) in [7, 11) is 0. The summed E-state index contributed by atoms with van der Waals surface area (Å²) in [5, 5.41) is 11.6. The van der Waals surface area contributed by atoms with E-state index in [4.69, 9.17) is 0 Å². The second-order valence-electron chi connectivity index (χ2n) is 14.7. The molecule has 6 aliphatic carbocycles. The minimum Gasteiger partial charge on any atom is -0.392 e. The van der Waals surface area contributed by atoms with Crippen LogP contribution in [0.1, 0.15) is 112 Å². The number of rotatable bonds is 0. The Hall–Kier alpha value is -0.300. The molecule has 2 bridgehead atoms. The molecule has 0 heterocycles. The zero-order valence-corrected chi connectivity index (χ0v) is 21.1. The topological polar surface area (TPSA) is 20.2 Å². The lowest BCUT2D eigenvalue weighted by Gasteiger charge is -2.74. The molecule has 174 valence electrons. The monoisotopic (exact) mass is 424 g/mol. The van der Waals surface area contributed by atoms with Crippen LogP contribution in [-0.2, 0) is 0 Å². The van der Waals surface area contributed by atoms with Crippen molar-refractivity contribution in [2.75, 3.05) is 0 Å². The first-order chi connectivity index (χ1) is 14.5. The van der Waals surface area contributed by atoms with Crippen LogP contribution >= 0.6 is 0 Å². The molecule has 0 amide bonds. The van der Waals surface area contributed by atoms with Crippen LogP contribution in [0.5, 0.6) is 0 Å². The highest BCUT2D eigenvalue weighted by Crippen LogP contribution is 2.79. The molecule has 31 heavy (non-hydrogen) atoms. The molecular weight excluding hydrogens is 376 g/mol. The molecule has 0 aromatic rings. The molecule has 6 saturated carbocycles. The second-order valence-corrected chi connectivity index (χ2v) is 14.7. The Bertz CT molecular complexity index is 796. The molecule has 0 aromatic heterocycles. The second kappa shape index (κ2) is 6.22. The van der Waals surface area contributed by atoms with Gasteiger partial charge >= 0.3 is 0 Å². The number of hydrogen-bond donors (Lipinski definition) is 1. The van der Waals surface area contributed by atoms with Gasteiger partial charge in [-0.2, -0.15) is 0 Å². The minimum absolute atomic E-state index is 0.130. The third kappa shape index (κ3) is 2.29. The summed E-state index contributed by atoms with van der Waals surface area (Å²) in [4.78, 5) is 0. The van der Waals surface area contributed by atoms with Crippen molar-refractivity contribution in [2.45, 2.75) is 118 Å². The number of aliphatic hydroxyl groups excluding tert-OH is 1. The SMILES string of the molecule is C=C1C[C@H](O)[C@]23CCC1[C@@H]2CC[C@]1(C)[C@@H]3CC[C@@H]2[C@@]3(C)CCCC(C)(C)[C@@H]3CC[C@]21C. The van der Waals surface area contributed by atoms with E-state index in [1.54, 1.807) is 0 Å². The fraction of sp³-hybridized carbons (Fsp3) is 0.933. The van der Waals surface area contributed by atoms with Crippen molar-refractivity contribution < 1.29 is 5.11 Å². The van der Waals surface area contributed by atoms with Crippen molar-refractivity contribution in [3.63, 3.8) is 0 Å². The Morgan fingerprint density at radius 3 is 2.19 bits per heavy atom. The van der Waals surface area contributed by atoms with Gasteiger partial charge in [-0.05, 0) is 122 Å². The average molecular weight is 425 g/mol. The van der Waals surface area contributed by atoms with Gasteiger partial charge in [-0.25, -0.2) is 0 Å².